The van der Waals surface area contributed by atoms with Crippen molar-refractivity contribution in [3.8, 4) is 17.2 Å². The molecule has 14 heteroatoms. The summed E-state index contributed by atoms with van der Waals surface area (Å²) in [4.78, 5) is 44.3. The van der Waals surface area contributed by atoms with Crippen LogP contribution in [0.25, 0.3) is 11.1 Å². The maximum atomic E-state index is 14.2. The second-order valence-electron chi connectivity index (χ2n) is 10.8. The number of anilines is 2. The Morgan fingerprint density at radius 1 is 1.18 bits per heavy atom. The fourth-order valence-electron chi connectivity index (χ4n) is 4.94. The molecular formula is C31H32F2N6O5S. The maximum absolute atomic E-state index is 14.2. The smallest absolute Gasteiger partial charge is 0.407 e. The number of likely N-dealkylation sites (N-methyl/N-ethyl adjacent to an activating group) is 1. The molecule has 2 N–H and O–H groups in total. The molecule has 3 amide bonds. The third-order valence-electron chi connectivity index (χ3n) is 7.39. The third-order valence-corrected chi connectivity index (χ3v) is 9.07. The Kier molecular flexibility index (Phi) is 9.82. The largest absolute Gasteiger partial charge is 0.465 e. The topological polar surface area (TPSA) is 156 Å². The fourth-order valence-corrected chi connectivity index (χ4v) is 6.17. The molecular weight excluding hydrogens is 606 g/mol. The zero-order valence-corrected chi connectivity index (χ0v) is 25.7. The number of hydrogen-bond acceptors (Lipinski definition) is 7. The molecule has 1 saturated heterocycles. The van der Waals surface area contributed by atoms with E-state index in [1.54, 1.807) is 48.4 Å². The first-order valence-electron chi connectivity index (χ1n) is 13.9. The number of alkyl halides is 2. The van der Waals surface area contributed by atoms with Gasteiger partial charge in [-0.3, -0.25) is 9.59 Å². The molecule has 0 radical (unpaired) electrons. The zero-order chi connectivity index (χ0) is 32.9. The highest BCUT2D eigenvalue weighted by Gasteiger charge is 2.33. The van der Waals surface area contributed by atoms with Gasteiger partial charge in [0.25, 0.3) is 11.8 Å². The summed E-state index contributed by atoms with van der Waals surface area (Å²) < 4.78 is 45.5. The van der Waals surface area contributed by atoms with Gasteiger partial charge < -0.3 is 20.2 Å². The van der Waals surface area contributed by atoms with Crippen molar-refractivity contribution in [1.82, 2.24) is 9.88 Å². The third kappa shape index (κ3) is 7.98. The van der Waals surface area contributed by atoms with Gasteiger partial charge in [-0.2, -0.15) is 9.62 Å². The summed E-state index contributed by atoms with van der Waals surface area (Å²) in [6, 6.07) is 14.8. The van der Waals surface area contributed by atoms with E-state index in [0.29, 0.717) is 27.2 Å². The number of rotatable bonds is 7. The molecule has 236 valence electrons. The minimum Gasteiger partial charge on any atom is -0.465 e. The molecule has 0 aliphatic carbocycles. The molecule has 0 spiro atoms. The number of carbonyl (C=O) groups is 3. The minimum absolute atomic E-state index is 0.00405. The van der Waals surface area contributed by atoms with Gasteiger partial charge in [0.05, 0.1) is 26.9 Å². The van der Waals surface area contributed by atoms with Crippen molar-refractivity contribution in [3.05, 3.63) is 71.4 Å². The number of benzene rings is 2. The summed E-state index contributed by atoms with van der Waals surface area (Å²) >= 11 is 0. The lowest BCUT2D eigenvalue weighted by molar-refractivity contribution is -0.118. The van der Waals surface area contributed by atoms with Gasteiger partial charge in [-0.05, 0) is 54.8 Å². The van der Waals surface area contributed by atoms with Crippen LogP contribution in [0, 0.1) is 18.3 Å². The number of nitriles is 1. The van der Waals surface area contributed by atoms with Crippen molar-refractivity contribution in [2.24, 2.45) is 4.36 Å². The quantitative estimate of drug-likeness (QED) is 0.349. The molecule has 0 bridgehead atoms. The molecule has 3 aromatic rings. The lowest BCUT2D eigenvalue weighted by Gasteiger charge is -2.26. The molecule has 2 heterocycles. The van der Waals surface area contributed by atoms with Crippen LogP contribution in [0.3, 0.4) is 0 Å². The normalized spacial score (nSPS) is 15.6. The van der Waals surface area contributed by atoms with E-state index in [1.807, 2.05) is 0 Å². The van der Waals surface area contributed by atoms with Gasteiger partial charge in [-0.15, -0.1) is 0 Å². The second kappa shape index (κ2) is 13.4. The van der Waals surface area contributed by atoms with Crippen LogP contribution in [0.4, 0.5) is 25.1 Å². The predicted octanol–water partition coefficient (Wildman–Crippen LogP) is 5.40. The van der Waals surface area contributed by atoms with Crippen LogP contribution in [0.1, 0.15) is 40.7 Å². The van der Waals surface area contributed by atoms with Crippen LogP contribution in [0.5, 0.6) is 0 Å². The van der Waals surface area contributed by atoms with Gasteiger partial charge in [0, 0.05) is 61.6 Å². The van der Waals surface area contributed by atoms with E-state index in [9.17, 15) is 32.6 Å². The van der Waals surface area contributed by atoms with Gasteiger partial charge in [0.2, 0.25) is 5.92 Å². The molecule has 11 nitrogen and oxygen atoms in total. The van der Waals surface area contributed by atoms with E-state index in [0.717, 1.165) is 0 Å². The highest BCUT2D eigenvalue weighted by atomic mass is 32.2. The Balaban J connectivity index is 1.71. The number of pyridine rings is 1. The Morgan fingerprint density at radius 3 is 2.56 bits per heavy atom. The standard InChI is InChI=1S/C31H32F2N6O5S/c1-20-25(22-10-8-21(17-34)9-11-22)18-35-28(39-14-5-12-31(32,33)13-15-39)27(20)29(41)36-23-6-4-7-24(16-23)45(3,44)37-26(40)19-38(2)30(42)43/h4,6-11,16,18H,5,12-15,19H2,1-3H3,(H,36,41)(H,42,43). The summed E-state index contributed by atoms with van der Waals surface area (Å²) in [5, 5.41) is 21.0. The summed E-state index contributed by atoms with van der Waals surface area (Å²) in [5.74, 6) is -4.05. The SMILES string of the molecule is Cc1c(-c2ccc(C#N)cc2)cnc(N2CCCC(F)(F)CC2)c1C(=O)Nc1cccc(S(C)(=O)=NC(=O)CN(C)C(=O)O)c1. The molecule has 1 atom stereocenters. The first-order valence-corrected chi connectivity index (χ1v) is 15.9. The van der Waals surface area contributed by atoms with Crippen LogP contribution < -0.4 is 10.2 Å². The van der Waals surface area contributed by atoms with Crippen LogP contribution in [0.2, 0.25) is 0 Å². The molecule has 1 aliphatic rings. The van der Waals surface area contributed by atoms with Crippen molar-refractivity contribution >= 4 is 39.1 Å². The van der Waals surface area contributed by atoms with Crippen molar-refractivity contribution in [2.45, 2.75) is 37.0 Å². The highest BCUT2D eigenvalue weighted by molar-refractivity contribution is 7.93. The van der Waals surface area contributed by atoms with Crippen LogP contribution in [-0.2, 0) is 14.5 Å². The van der Waals surface area contributed by atoms with Gasteiger partial charge in [-0.25, -0.2) is 22.8 Å². The van der Waals surface area contributed by atoms with Gasteiger partial charge in [0.15, 0.2) is 0 Å². The van der Waals surface area contributed by atoms with Crippen molar-refractivity contribution in [1.29, 1.82) is 5.26 Å². The van der Waals surface area contributed by atoms with Gasteiger partial charge in [0.1, 0.15) is 12.4 Å². The molecule has 1 unspecified atom stereocenters. The van der Waals surface area contributed by atoms with Gasteiger partial charge in [-0.1, -0.05) is 18.2 Å². The number of amides is 3. The lowest BCUT2D eigenvalue weighted by atomic mass is 9.97. The first kappa shape index (κ1) is 33.0. The second-order valence-corrected chi connectivity index (χ2v) is 13.0. The number of nitrogens with one attached hydrogen (secondary N) is 1. The maximum Gasteiger partial charge on any atom is 0.407 e. The van der Waals surface area contributed by atoms with Crippen molar-refractivity contribution in [3.63, 3.8) is 0 Å². The summed E-state index contributed by atoms with van der Waals surface area (Å²) in [6.45, 7) is 1.42. The van der Waals surface area contributed by atoms with Crippen LogP contribution in [-0.4, -0.2) is 76.0 Å². The van der Waals surface area contributed by atoms with Crippen LogP contribution in [0.15, 0.2) is 64.0 Å². The number of carboxylic acid groups (broad SMARTS) is 1. The first-order chi connectivity index (χ1) is 21.2. The summed E-state index contributed by atoms with van der Waals surface area (Å²) in [7, 11) is -2.13. The van der Waals surface area contributed by atoms with Crippen molar-refractivity contribution in [2.75, 3.05) is 43.2 Å². The Labute approximate surface area is 259 Å². The highest BCUT2D eigenvalue weighted by Crippen LogP contribution is 2.35. The van der Waals surface area contributed by atoms with E-state index >= 15 is 0 Å². The van der Waals surface area contributed by atoms with E-state index in [1.165, 1.54) is 31.5 Å². The number of nitrogens with zero attached hydrogens (tertiary/aromatic N) is 5. The molecule has 1 aliphatic heterocycles. The van der Waals surface area contributed by atoms with Gasteiger partial charge >= 0.3 is 6.09 Å². The minimum atomic E-state index is -3.31. The number of carbonyl (C=O) groups excluding carboxylic acids is 2. The number of hydrogen-bond donors (Lipinski definition) is 2. The summed E-state index contributed by atoms with van der Waals surface area (Å²) in [5.41, 5.74) is 2.71. The Bertz CT molecular complexity index is 1800. The fraction of sp³-hybridized carbons (Fsp3) is 0.323. The average molecular weight is 639 g/mol. The zero-order valence-electron chi connectivity index (χ0n) is 24.9. The molecule has 45 heavy (non-hydrogen) atoms. The van der Waals surface area contributed by atoms with E-state index < -0.39 is 40.1 Å². The number of halogens is 2. The monoisotopic (exact) mass is 638 g/mol. The van der Waals surface area contributed by atoms with Crippen molar-refractivity contribution < 1.29 is 32.5 Å². The Hall–Kier alpha value is -4.90. The average Bonchev–Trinajstić information content (AvgIpc) is 3.16. The summed E-state index contributed by atoms with van der Waals surface area (Å²) in [6.07, 6.45) is 1.03. The molecule has 4 rings (SSSR count). The van der Waals surface area contributed by atoms with E-state index in [-0.39, 0.29) is 54.3 Å². The molecule has 1 aromatic heterocycles. The van der Waals surface area contributed by atoms with E-state index in [4.69, 9.17) is 5.11 Å². The Morgan fingerprint density at radius 2 is 1.89 bits per heavy atom. The predicted molar refractivity (Wildman–Crippen MR) is 165 cm³/mol. The number of aromatic nitrogens is 1. The van der Waals surface area contributed by atoms with E-state index in [2.05, 4.69) is 20.7 Å². The molecule has 1 fully saturated rings. The molecule has 0 saturated carbocycles. The molecule has 2 aromatic carbocycles. The van der Waals surface area contributed by atoms with Crippen LogP contribution >= 0.6 is 0 Å². The lowest BCUT2D eigenvalue weighted by Crippen LogP contribution is -2.30.